The Bertz CT molecular complexity index is 365. The first-order chi connectivity index (χ1) is 8.11. The zero-order valence-corrected chi connectivity index (χ0v) is 9.97. The van der Waals surface area contributed by atoms with Gasteiger partial charge in [0.2, 0.25) is 0 Å². The highest BCUT2D eigenvalue weighted by Crippen LogP contribution is 2.18. The average Bonchev–Trinajstić information content (AvgIpc) is 2.34. The molecule has 0 radical (unpaired) electrons. The van der Waals surface area contributed by atoms with Gasteiger partial charge in [-0.25, -0.2) is 0 Å². The first-order valence-electron chi connectivity index (χ1n) is 5.33. The fraction of sp³-hybridized carbons (Fsp3) is 0.417. The smallest absolute Gasteiger partial charge is 0.258 e. The Morgan fingerprint density at radius 3 is 2.82 bits per heavy atom. The third kappa shape index (κ3) is 5.21. The second-order valence-corrected chi connectivity index (χ2v) is 3.62. The Balaban J connectivity index is 2.36. The summed E-state index contributed by atoms with van der Waals surface area (Å²) in [6.07, 6.45) is -0.559. The highest BCUT2D eigenvalue weighted by molar-refractivity contribution is 5.77. The molecule has 2 N–H and O–H groups in total. The molecule has 5 heteroatoms. The number of rotatable bonds is 6. The summed E-state index contributed by atoms with van der Waals surface area (Å²) in [7, 11) is 1.56. The largest absolute Gasteiger partial charge is 0.497 e. The van der Waals surface area contributed by atoms with Crippen molar-refractivity contribution in [2.24, 2.45) is 0 Å². The molecule has 1 rings (SSSR count). The van der Waals surface area contributed by atoms with Crippen LogP contribution in [0.4, 0.5) is 0 Å². The predicted octanol–water partition coefficient (Wildman–Crippen LogP) is 0.571. The maximum Gasteiger partial charge on any atom is 0.258 e. The molecule has 5 nitrogen and oxygen atoms in total. The van der Waals surface area contributed by atoms with Crippen LogP contribution in [0.2, 0.25) is 0 Å². The van der Waals surface area contributed by atoms with E-state index in [-0.39, 0.29) is 19.1 Å². The number of methoxy groups -OCH3 is 1. The Labute approximate surface area is 100 Å². The van der Waals surface area contributed by atoms with Gasteiger partial charge in [-0.05, 0) is 19.1 Å². The van der Waals surface area contributed by atoms with Crippen molar-refractivity contribution in [3.8, 4) is 11.5 Å². The van der Waals surface area contributed by atoms with Gasteiger partial charge in [-0.2, -0.15) is 0 Å². The van der Waals surface area contributed by atoms with E-state index < -0.39 is 6.10 Å². The van der Waals surface area contributed by atoms with Crippen LogP contribution in [-0.4, -0.2) is 37.4 Å². The van der Waals surface area contributed by atoms with Crippen molar-refractivity contribution in [1.29, 1.82) is 0 Å². The van der Waals surface area contributed by atoms with E-state index in [1.54, 1.807) is 38.3 Å². The van der Waals surface area contributed by atoms with Crippen LogP contribution in [0, 0.1) is 0 Å². The lowest BCUT2D eigenvalue weighted by molar-refractivity contribution is -0.123. The summed E-state index contributed by atoms with van der Waals surface area (Å²) in [5.41, 5.74) is 0. The molecule has 0 aliphatic heterocycles. The van der Waals surface area contributed by atoms with E-state index in [1.165, 1.54) is 0 Å². The standard InChI is InChI=1S/C12H17NO4/c1-9(14)7-13-12(15)8-17-11-5-3-4-10(6-11)16-2/h3-6,9,14H,7-8H2,1-2H3,(H,13,15). The van der Waals surface area contributed by atoms with E-state index in [1.807, 2.05) is 0 Å². The quantitative estimate of drug-likeness (QED) is 0.761. The van der Waals surface area contributed by atoms with E-state index in [0.29, 0.717) is 11.5 Å². The van der Waals surface area contributed by atoms with Gasteiger partial charge in [0.1, 0.15) is 11.5 Å². The minimum atomic E-state index is -0.559. The summed E-state index contributed by atoms with van der Waals surface area (Å²) >= 11 is 0. The number of ether oxygens (including phenoxy) is 2. The zero-order valence-electron chi connectivity index (χ0n) is 9.97. The minimum Gasteiger partial charge on any atom is -0.497 e. The van der Waals surface area contributed by atoms with Crippen LogP contribution in [0.15, 0.2) is 24.3 Å². The highest BCUT2D eigenvalue weighted by atomic mass is 16.5. The molecular weight excluding hydrogens is 222 g/mol. The van der Waals surface area contributed by atoms with Gasteiger partial charge < -0.3 is 19.9 Å². The fourth-order valence-corrected chi connectivity index (χ4v) is 1.15. The van der Waals surface area contributed by atoms with Crippen LogP contribution in [0.1, 0.15) is 6.92 Å². The molecule has 1 unspecified atom stereocenters. The lowest BCUT2D eigenvalue weighted by Gasteiger charge is -2.09. The van der Waals surface area contributed by atoms with Crippen molar-refractivity contribution in [2.75, 3.05) is 20.3 Å². The van der Waals surface area contributed by atoms with Crippen molar-refractivity contribution >= 4 is 5.91 Å². The molecule has 0 heterocycles. The summed E-state index contributed by atoms with van der Waals surface area (Å²) < 4.78 is 10.3. The molecule has 0 fully saturated rings. The number of nitrogens with one attached hydrogen (secondary N) is 1. The second-order valence-electron chi connectivity index (χ2n) is 3.62. The van der Waals surface area contributed by atoms with Crippen molar-refractivity contribution in [3.05, 3.63) is 24.3 Å². The SMILES string of the molecule is COc1cccc(OCC(=O)NCC(C)O)c1. The monoisotopic (exact) mass is 239 g/mol. The van der Waals surface area contributed by atoms with Gasteiger partial charge in [0.05, 0.1) is 13.2 Å². The van der Waals surface area contributed by atoms with Crippen molar-refractivity contribution < 1.29 is 19.4 Å². The number of benzene rings is 1. The Hall–Kier alpha value is -1.75. The second kappa shape index (κ2) is 6.75. The topological polar surface area (TPSA) is 67.8 Å². The Kier molecular flexibility index (Phi) is 5.29. The van der Waals surface area contributed by atoms with Crippen LogP contribution < -0.4 is 14.8 Å². The Morgan fingerprint density at radius 1 is 1.47 bits per heavy atom. The van der Waals surface area contributed by atoms with Gasteiger partial charge in [-0.1, -0.05) is 6.07 Å². The van der Waals surface area contributed by atoms with Crippen molar-refractivity contribution in [2.45, 2.75) is 13.0 Å². The molecule has 1 aromatic carbocycles. The van der Waals surface area contributed by atoms with E-state index in [9.17, 15) is 4.79 Å². The van der Waals surface area contributed by atoms with Gasteiger partial charge >= 0.3 is 0 Å². The molecule has 17 heavy (non-hydrogen) atoms. The number of amides is 1. The maximum absolute atomic E-state index is 11.3. The number of aliphatic hydroxyl groups is 1. The summed E-state index contributed by atoms with van der Waals surface area (Å²) in [6, 6.07) is 7.01. The van der Waals surface area contributed by atoms with Crippen LogP contribution in [-0.2, 0) is 4.79 Å². The van der Waals surface area contributed by atoms with Crippen molar-refractivity contribution in [3.63, 3.8) is 0 Å². The van der Waals surface area contributed by atoms with E-state index in [0.717, 1.165) is 0 Å². The number of hydrogen-bond acceptors (Lipinski definition) is 4. The lowest BCUT2D eigenvalue weighted by atomic mass is 10.3. The van der Waals surface area contributed by atoms with E-state index in [4.69, 9.17) is 14.6 Å². The van der Waals surface area contributed by atoms with E-state index in [2.05, 4.69) is 5.32 Å². The molecule has 0 aliphatic carbocycles. The first-order valence-corrected chi connectivity index (χ1v) is 5.33. The van der Waals surface area contributed by atoms with Gasteiger partial charge in [-0.15, -0.1) is 0 Å². The average molecular weight is 239 g/mol. The molecule has 0 aliphatic rings. The number of carbonyl (C=O) groups is 1. The molecule has 0 saturated carbocycles. The minimum absolute atomic E-state index is 0.0834. The summed E-state index contributed by atoms with van der Waals surface area (Å²) in [4.78, 5) is 11.3. The molecule has 1 aromatic rings. The fourth-order valence-electron chi connectivity index (χ4n) is 1.15. The van der Waals surface area contributed by atoms with Gasteiger partial charge in [0.25, 0.3) is 5.91 Å². The van der Waals surface area contributed by atoms with Crippen LogP contribution >= 0.6 is 0 Å². The molecule has 0 aromatic heterocycles. The number of carbonyl (C=O) groups excluding carboxylic acids is 1. The van der Waals surface area contributed by atoms with Gasteiger partial charge in [0.15, 0.2) is 6.61 Å². The third-order valence-electron chi connectivity index (χ3n) is 2.01. The zero-order chi connectivity index (χ0) is 12.7. The first kappa shape index (κ1) is 13.3. The number of aliphatic hydroxyl groups excluding tert-OH is 1. The lowest BCUT2D eigenvalue weighted by Crippen LogP contribution is -2.34. The molecule has 0 saturated heterocycles. The van der Waals surface area contributed by atoms with Crippen molar-refractivity contribution in [1.82, 2.24) is 5.32 Å². The van der Waals surface area contributed by atoms with Gasteiger partial charge in [0, 0.05) is 12.6 Å². The number of hydrogen-bond donors (Lipinski definition) is 2. The van der Waals surface area contributed by atoms with Crippen LogP contribution in [0.25, 0.3) is 0 Å². The molecule has 94 valence electrons. The van der Waals surface area contributed by atoms with E-state index >= 15 is 0 Å². The summed E-state index contributed by atoms with van der Waals surface area (Å²) in [5.74, 6) is 0.970. The van der Waals surface area contributed by atoms with Crippen LogP contribution in [0.5, 0.6) is 11.5 Å². The van der Waals surface area contributed by atoms with Crippen LogP contribution in [0.3, 0.4) is 0 Å². The molecule has 1 amide bonds. The molecular formula is C12H17NO4. The molecule has 0 bridgehead atoms. The highest BCUT2D eigenvalue weighted by Gasteiger charge is 2.04. The predicted molar refractivity (Wildman–Crippen MR) is 63.2 cm³/mol. The van der Waals surface area contributed by atoms with Gasteiger partial charge in [-0.3, -0.25) is 4.79 Å². The maximum atomic E-state index is 11.3. The molecule has 1 atom stereocenters. The normalized spacial score (nSPS) is 11.7. The molecule has 0 spiro atoms. The summed E-state index contributed by atoms with van der Waals surface area (Å²) in [5, 5.41) is 11.5. The summed E-state index contributed by atoms with van der Waals surface area (Å²) in [6.45, 7) is 1.74. The Morgan fingerprint density at radius 2 is 2.18 bits per heavy atom. The third-order valence-corrected chi connectivity index (χ3v) is 2.01.